The number of nitrogens with one attached hydrogen (secondary N) is 2. The topological polar surface area (TPSA) is 41.1 Å². The first-order valence-corrected chi connectivity index (χ1v) is 7.56. The molecule has 3 aliphatic rings. The third-order valence-electron chi connectivity index (χ3n) is 6.65. The minimum absolute atomic E-state index is 0.158. The van der Waals surface area contributed by atoms with Crippen LogP contribution in [0.15, 0.2) is 11.1 Å². The van der Waals surface area contributed by atoms with E-state index in [1.165, 1.54) is 18.4 Å². The van der Waals surface area contributed by atoms with Gasteiger partial charge in [-0.05, 0) is 48.5 Å². The van der Waals surface area contributed by atoms with Crippen LogP contribution in [0.3, 0.4) is 0 Å². The lowest BCUT2D eigenvalue weighted by molar-refractivity contribution is -0.119. The van der Waals surface area contributed by atoms with Crippen molar-refractivity contribution in [3.63, 3.8) is 0 Å². The van der Waals surface area contributed by atoms with Crippen LogP contribution in [0.4, 0.5) is 0 Å². The van der Waals surface area contributed by atoms with Gasteiger partial charge in [-0.3, -0.25) is 4.79 Å². The second kappa shape index (κ2) is 4.08. The molecule has 1 saturated heterocycles. The lowest BCUT2D eigenvalue weighted by atomic mass is 9.69. The molecule has 19 heavy (non-hydrogen) atoms. The second-order valence-corrected chi connectivity index (χ2v) is 7.47. The largest absolute Gasteiger partial charge is 0.349 e. The Morgan fingerprint density at radius 3 is 2.42 bits per heavy atom. The van der Waals surface area contributed by atoms with Gasteiger partial charge in [-0.2, -0.15) is 0 Å². The number of carbonyl (C=O) groups excluding carboxylic acids is 1. The van der Waals surface area contributed by atoms with Crippen LogP contribution in [0.2, 0.25) is 0 Å². The van der Waals surface area contributed by atoms with Crippen molar-refractivity contribution in [1.82, 2.24) is 10.6 Å². The first-order chi connectivity index (χ1) is 8.86. The standard InChI is InChI=1S/C16H26N2O/c1-10(11-8-17-9-11)14(19)18-13-7-12-5-6-16(13,4)15(12,2)3/h12-13,17H,5-9H2,1-4H3,(H,18,19). The highest BCUT2D eigenvalue weighted by molar-refractivity contribution is 5.94. The lowest BCUT2D eigenvalue weighted by Gasteiger charge is -2.39. The summed E-state index contributed by atoms with van der Waals surface area (Å²) in [5.74, 6) is 0.937. The van der Waals surface area contributed by atoms with Crippen molar-refractivity contribution in [2.45, 2.75) is 53.0 Å². The zero-order valence-electron chi connectivity index (χ0n) is 12.6. The zero-order valence-corrected chi connectivity index (χ0v) is 12.6. The second-order valence-electron chi connectivity index (χ2n) is 7.47. The molecule has 3 atom stereocenters. The molecule has 1 heterocycles. The Labute approximate surface area is 116 Å². The fourth-order valence-electron chi connectivity index (χ4n) is 4.36. The van der Waals surface area contributed by atoms with Gasteiger partial charge in [0.25, 0.3) is 0 Å². The summed E-state index contributed by atoms with van der Waals surface area (Å²) in [5, 5.41) is 6.53. The summed E-state index contributed by atoms with van der Waals surface area (Å²) in [6.07, 6.45) is 3.75. The van der Waals surface area contributed by atoms with E-state index in [0.717, 1.165) is 31.0 Å². The average Bonchev–Trinajstić information content (AvgIpc) is 2.59. The molecular weight excluding hydrogens is 236 g/mol. The lowest BCUT2D eigenvalue weighted by Crippen LogP contribution is -2.48. The summed E-state index contributed by atoms with van der Waals surface area (Å²) in [6.45, 7) is 10.9. The fraction of sp³-hybridized carbons (Fsp3) is 0.812. The minimum Gasteiger partial charge on any atom is -0.349 e. The van der Waals surface area contributed by atoms with Crippen molar-refractivity contribution in [3.8, 4) is 0 Å². The Morgan fingerprint density at radius 1 is 1.32 bits per heavy atom. The van der Waals surface area contributed by atoms with E-state index < -0.39 is 0 Å². The third-order valence-corrected chi connectivity index (χ3v) is 6.65. The van der Waals surface area contributed by atoms with Crippen molar-refractivity contribution >= 4 is 5.91 Å². The quantitative estimate of drug-likeness (QED) is 0.749. The van der Waals surface area contributed by atoms with Crippen molar-refractivity contribution in [2.75, 3.05) is 13.1 Å². The van der Waals surface area contributed by atoms with Crippen LogP contribution in [0, 0.1) is 16.7 Å². The molecule has 3 fully saturated rings. The van der Waals surface area contributed by atoms with Crippen LogP contribution in [0.5, 0.6) is 0 Å². The Bertz CT molecular complexity index is 446. The maximum Gasteiger partial charge on any atom is 0.247 e. The SMILES string of the molecule is CC(C(=O)NC1CC2CCC1(C)C2(C)C)=C1CNC1. The molecular formula is C16H26N2O. The molecule has 0 radical (unpaired) electrons. The predicted molar refractivity (Wildman–Crippen MR) is 76.7 cm³/mol. The Morgan fingerprint density at radius 2 is 2.00 bits per heavy atom. The molecule has 1 aliphatic heterocycles. The summed E-state index contributed by atoms with van der Waals surface area (Å²) in [5.41, 5.74) is 2.84. The number of carbonyl (C=O) groups is 1. The molecule has 0 spiro atoms. The molecule has 3 rings (SSSR count). The summed E-state index contributed by atoms with van der Waals surface area (Å²) >= 11 is 0. The third kappa shape index (κ3) is 1.70. The van der Waals surface area contributed by atoms with E-state index in [1.54, 1.807) is 0 Å². The number of rotatable bonds is 2. The van der Waals surface area contributed by atoms with E-state index in [2.05, 4.69) is 31.4 Å². The van der Waals surface area contributed by atoms with E-state index in [-0.39, 0.29) is 11.3 Å². The van der Waals surface area contributed by atoms with Gasteiger partial charge in [0, 0.05) is 24.7 Å². The summed E-state index contributed by atoms with van der Waals surface area (Å²) in [7, 11) is 0. The van der Waals surface area contributed by atoms with E-state index in [0.29, 0.717) is 11.5 Å². The number of amides is 1. The molecule has 2 bridgehead atoms. The van der Waals surface area contributed by atoms with Gasteiger partial charge >= 0.3 is 0 Å². The summed E-state index contributed by atoms with van der Waals surface area (Å²) in [6, 6.07) is 0.359. The molecule has 106 valence electrons. The van der Waals surface area contributed by atoms with Crippen LogP contribution in [-0.2, 0) is 4.79 Å². The van der Waals surface area contributed by atoms with E-state index in [9.17, 15) is 4.79 Å². The van der Waals surface area contributed by atoms with Gasteiger partial charge < -0.3 is 10.6 Å². The van der Waals surface area contributed by atoms with E-state index in [1.807, 2.05) is 6.92 Å². The van der Waals surface area contributed by atoms with Crippen molar-refractivity contribution in [2.24, 2.45) is 16.7 Å². The van der Waals surface area contributed by atoms with Crippen LogP contribution < -0.4 is 10.6 Å². The van der Waals surface area contributed by atoms with Gasteiger partial charge in [-0.1, -0.05) is 20.8 Å². The summed E-state index contributed by atoms with van der Waals surface area (Å²) < 4.78 is 0. The normalized spacial score (nSPS) is 39.1. The van der Waals surface area contributed by atoms with Gasteiger partial charge in [-0.15, -0.1) is 0 Å². The molecule has 3 nitrogen and oxygen atoms in total. The van der Waals surface area contributed by atoms with Crippen LogP contribution >= 0.6 is 0 Å². The highest BCUT2D eigenvalue weighted by Crippen LogP contribution is 2.65. The van der Waals surface area contributed by atoms with E-state index in [4.69, 9.17) is 0 Å². The molecule has 1 amide bonds. The number of hydrogen-bond donors (Lipinski definition) is 2. The fourth-order valence-corrected chi connectivity index (χ4v) is 4.36. The first kappa shape index (κ1) is 13.2. The maximum atomic E-state index is 12.4. The average molecular weight is 262 g/mol. The molecule has 2 saturated carbocycles. The molecule has 2 aliphatic carbocycles. The molecule has 3 heteroatoms. The monoisotopic (exact) mass is 262 g/mol. The number of hydrogen-bond acceptors (Lipinski definition) is 2. The smallest absolute Gasteiger partial charge is 0.247 e. The molecule has 0 aromatic rings. The van der Waals surface area contributed by atoms with Gasteiger partial charge in [0.1, 0.15) is 0 Å². The van der Waals surface area contributed by atoms with Crippen LogP contribution in [0.25, 0.3) is 0 Å². The number of fused-ring (bicyclic) bond motifs is 2. The highest BCUT2D eigenvalue weighted by Gasteiger charge is 2.61. The maximum absolute atomic E-state index is 12.4. The van der Waals surface area contributed by atoms with Gasteiger partial charge in [-0.25, -0.2) is 0 Å². The molecule has 0 aromatic carbocycles. The van der Waals surface area contributed by atoms with E-state index >= 15 is 0 Å². The van der Waals surface area contributed by atoms with Crippen molar-refractivity contribution in [3.05, 3.63) is 11.1 Å². The van der Waals surface area contributed by atoms with Gasteiger partial charge in [0.05, 0.1) is 0 Å². The van der Waals surface area contributed by atoms with Crippen molar-refractivity contribution < 1.29 is 4.79 Å². The predicted octanol–water partition coefficient (Wildman–Crippen LogP) is 2.24. The molecule has 0 aromatic heterocycles. The molecule has 2 N–H and O–H groups in total. The summed E-state index contributed by atoms with van der Waals surface area (Å²) in [4.78, 5) is 12.4. The molecule has 3 unspecified atom stereocenters. The van der Waals surface area contributed by atoms with Gasteiger partial charge in [0.2, 0.25) is 5.91 Å². The first-order valence-electron chi connectivity index (χ1n) is 7.56. The Hall–Kier alpha value is -0.830. The minimum atomic E-state index is 0.158. The van der Waals surface area contributed by atoms with Crippen molar-refractivity contribution in [1.29, 1.82) is 0 Å². The highest BCUT2D eigenvalue weighted by atomic mass is 16.1. The Kier molecular flexibility index (Phi) is 2.83. The zero-order chi connectivity index (χ0) is 13.8. The van der Waals surface area contributed by atoms with Gasteiger partial charge in [0.15, 0.2) is 0 Å². The Balaban J connectivity index is 1.74. The van der Waals surface area contributed by atoms with Crippen LogP contribution in [0.1, 0.15) is 47.0 Å². The van der Waals surface area contributed by atoms with Crippen LogP contribution in [-0.4, -0.2) is 25.0 Å².